The molecule has 4 rings (SSSR count). The lowest BCUT2D eigenvalue weighted by molar-refractivity contribution is -0.477. The van der Waals surface area contributed by atoms with E-state index in [2.05, 4.69) is 5.73 Å². The normalized spacial score (nSPS) is 12.0. The van der Waals surface area contributed by atoms with E-state index in [0.29, 0.717) is 6.42 Å². The number of benzene rings is 3. The number of quaternary nitrogens is 1. The van der Waals surface area contributed by atoms with Crippen LogP contribution in [0.1, 0.15) is 21.7 Å². The van der Waals surface area contributed by atoms with Crippen LogP contribution in [0.5, 0.6) is 11.5 Å². The number of hydrogen-bond donors (Lipinski definition) is 1. The van der Waals surface area contributed by atoms with Crippen molar-refractivity contribution in [1.29, 1.82) is 0 Å². The zero-order valence-electron chi connectivity index (χ0n) is 18.1. The van der Waals surface area contributed by atoms with Crippen LogP contribution in [0, 0.1) is 0 Å². The highest BCUT2D eigenvalue weighted by Crippen LogP contribution is 2.38. The van der Waals surface area contributed by atoms with E-state index in [-0.39, 0.29) is 29.1 Å². The average molecular weight is 506 g/mol. The zero-order chi connectivity index (χ0) is 24.3. The maximum absolute atomic E-state index is 13.7. The standard InChI is InChI=1S/C25H18F3NO5.ClH/c26-25(27,28)23-22(32-17-9-5-2-6-10-17)21(30)18-12-11-16(14-19(18)33-23)24(31)34-20(29)13-15-7-3-1-4-8-15;/h1-12,14,20H,13,29H2;1H. The van der Waals surface area contributed by atoms with Gasteiger partial charge in [-0.05, 0) is 35.9 Å². The minimum Gasteiger partial charge on any atom is -1.00 e. The molecule has 3 N–H and O–H groups in total. The van der Waals surface area contributed by atoms with Gasteiger partial charge in [0.25, 0.3) is 5.76 Å². The SMILES string of the molecule is [Cl-].[NH3+]C(Cc1ccccc1)OC(=O)c1ccc2c(=O)c(Oc3ccccc3)c(C(F)(F)F)oc2c1. The van der Waals surface area contributed by atoms with Gasteiger partial charge in [0.15, 0.2) is 0 Å². The topological polar surface area (TPSA) is 93.4 Å². The molecule has 35 heavy (non-hydrogen) atoms. The van der Waals surface area contributed by atoms with Crippen LogP contribution in [0.3, 0.4) is 0 Å². The van der Waals surface area contributed by atoms with Gasteiger partial charge in [-0.15, -0.1) is 0 Å². The lowest BCUT2D eigenvalue weighted by Gasteiger charge is -2.14. The Morgan fingerprint density at radius 2 is 1.60 bits per heavy atom. The molecular formula is C25H19ClF3NO5. The summed E-state index contributed by atoms with van der Waals surface area (Å²) in [4.78, 5) is 25.4. The molecule has 1 aromatic heterocycles. The first kappa shape index (κ1) is 25.8. The molecule has 0 saturated heterocycles. The number of fused-ring (bicyclic) bond motifs is 1. The van der Waals surface area contributed by atoms with E-state index in [9.17, 15) is 22.8 Å². The van der Waals surface area contributed by atoms with Crippen LogP contribution < -0.4 is 28.3 Å². The Kier molecular flexibility index (Phi) is 7.83. The molecule has 10 heteroatoms. The molecule has 1 heterocycles. The molecule has 0 spiro atoms. The van der Waals surface area contributed by atoms with Crippen molar-refractivity contribution in [2.24, 2.45) is 0 Å². The maximum atomic E-state index is 13.7. The van der Waals surface area contributed by atoms with Gasteiger partial charge in [0, 0.05) is 0 Å². The van der Waals surface area contributed by atoms with Gasteiger partial charge in [-0.2, -0.15) is 13.2 Å². The van der Waals surface area contributed by atoms with Crippen LogP contribution in [0.4, 0.5) is 13.2 Å². The predicted octanol–water partition coefficient (Wildman–Crippen LogP) is 1.58. The summed E-state index contributed by atoms with van der Waals surface area (Å²) in [7, 11) is 0. The number of esters is 1. The number of halogens is 4. The second kappa shape index (κ2) is 10.6. The molecule has 0 saturated carbocycles. The summed E-state index contributed by atoms with van der Waals surface area (Å²) < 4.78 is 56.6. The van der Waals surface area contributed by atoms with Crippen LogP contribution >= 0.6 is 0 Å². The van der Waals surface area contributed by atoms with Crippen LogP contribution in [0.15, 0.2) is 88.1 Å². The van der Waals surface area contributed by atoms with Crippen molar-refractivity contribution in [2.45, 2.75) is 18.8 Å². The molecule has 0 radical (unpaired) electrons. The van der Waals surface area contributed by atoms with Gasteiger partial charge in [-0.3, -0.25) is 4.79 Å². The summed E-state index contributed by atoms with van der Waals surface area (Å²) in [5.74, 6) is -3.35. The zero-order valence-corrected chi connectivity index (χ0v) is 18.8. The Hall–Kier alpha value is -3.82. The third-order valence-electron chi connectivity index (χ3n) is 4.89. The van der Waals surface area contributed by atoms with E-state index in [0.717, 1.165) is 11.6 Å². The fraction of sp³-hybridized carbons (Fsp3) is 0.120. The smallest absolute Gasteiger partial charge is 0.453 e. The predicted molar refractivity (Wildman–Crippen MR) is 116 cm³/mol. The minimum absolute atomic E-state index is 0. The number of rotatable bonds is 6. The Bertz CT molecular complexity index is 1380. The van der Waals surface area contributed by atoms with Gasteiger partial charge >= 0.3 is 12.1 Å². The van der Waals surface area contributed by atoms with Crippen LogP contribution in [0.25, 0.3) is 11.0 Å². The Morgan fingerprint density at radius 1 is 0.971 bits per heavy atom. The fourth-order valence-corrected chi connectivity index (χ4v) is 3.33. The molecular weight excluding hydrogens is 487 g/mol. The molecule has 0 aliphatic carbocycles. The lowest BCUT2D eigenvalue weighted by atomic mass is 10.1. The third-order valence-corrected chi connectivity index (χ3v) is 4.89. The number of carbonyl (C=O) groups is 1. The molecule has 3 aromatic carbocycles. The van der Waals surface area contributed by atoms with Crippen molar-refractivity contribution in [1.82, 2.24) is 0 Å². The molecule has 4 aromatic rings. The fourth-order valence-electron chi connectivity index (χ4n) is 3.33. The molecule has 6 nitrogen and oxygen atoms in total. The molecule has 0 amide bonds. The number of alkyl halides is 3. The number of para-hydroxylation sites is 1. The summed E-state index contributed by atoms with van der Waals surface area (Å²) >= 11 is 0. The van der Waals surface area contributed by atoms with Crippen molar-refractivity contribution in [3.05, 3.63) is 106 Å². The lowest BCUT2D eigenvalue weighted by Crippen LogP contribution is -3.00. The summed E-state index contributed by atoms with van der Waals surface area (Å²) in [5.41, 5.74) is 3.18. The summed E-state index contributed by atoms with van der Waals surface area (Å²) in [6.07, 6.45) is -5.39. The third kappa shape index (κ3) is 6.00. The van der Waals surface area contributed by atoms with Crippen LogP contribution in [-0.4, -0.2) is 12.2 Å². The molecule has 0 fully saturated rings. The molecule has 0 bridgehead atoms. The molecule has 1 unspecified atom stereocenters. The summed E-state index contributed by atoms with van der Waals surface area (Å²) in [5, 5.41) is -0.175. The van der Waals surface area contributed by atoms with Crippen LogP contribution in [0.2, 0.25) is 0 Å². The number of ether oxygens (including phenoxy) is 2. The highest BCUT2D eigenvalue weighted by Gasteiger charge is 2.40. The monoisotopic (exact) mass is 505 g/mol. The van der Waals surface area contributed by atoms with Crippen LogP contribution in [-0.2, 0) is 17.3 Å². The Labute approximate surface area is 203 Å². The van der Waals surface area contributed by atoms with Gasteiger partial charge in [-0.1, -0.05) is 48.5 Å². The van der Waals surface area contributed by atoms with Crippen molar-refractivity contribution in [3.63, 3.8) is 0 Å². The van der Waals surface area contributed by atoms with Gasteiger partial charge in [0.05, 0.1) is 17.4 Å². The Balaban J connectivity index is 0.00000342. The molecule has 182 valence electrons. The first-order valence-corrected chi connectivity index (χ1v) is 10.2. The van der Waals surface area contributed by atoms with Gasteiger partial charge in [0.1, 0.15) is 11.3 Å². The average Bonchev–Trinajstić information content (AvgIpc) is 2.81. The number of carbonyl (C=O) groups excluding carboxylic acids is 1. The second-order valence-electron chi connectivity index (χ2n) is 7.43. The molecule has 0 aliphatic rings. The van der Waals surface area contributed by atoms with Gasteiger partial charge in [0.2, 0.25) is 17.4 Å². The quantitative estimate of drug-likeness (QED) is 0.317. The van der Waals surface area contributed by atoms with Gasteiger partial charge in [-0.25, -0.2) is 4.79 Å². The Morgan fingerprint density at radius 3 is 2.23 bits per heavy atom. The van der Waals surface area contributed by atoms with E-state index < -0.39 is 40.9 Å². The molecule has 1 atom stereocenters. The van der Waals surface area contributed by atoms with E-state index >= 15 is 0 Å². The van der Waals surface area contributed by atoms with Crippen molar-refractivity contribution in [2.75, 3.05) is 0 Å². The largest absolute Gasteiger partial charge is 1.00 e. The van der Waals surface area contributed by atoms with E-state index in [1.165, 1.54) is 24.3 Å². The highest BCUT2D eigenvalue weighted by molar-refractivity contribution is 5.94. The first-order chi connectivity index (χ1) is 16.2. The van der Waals surface area contributed by atoms with E-state index in [1.54, 1.807) is 18.2 Å². The van der Waals surface area contributed by atoms with Crippen molar-refractivity contribution >= 4 is 16.9 Å². The summed E-state index contributed by atoms with van der Waals surface area (Å²) in [6.45, 7) is 0. The molecule has 0 aliphatic heterocycles. The second-order valence-corrected chi connectivity index (χ2v) is 7.43. The first-order valence-electron chi connectivity index (χ1n) is 10.2. The summed E-state index contributed by atoms with van der Waals surface area (Å²) in [6, 6.07) is 20.3. The minimum atomic E-state index is -5.01. The van der Waals surface area contributed by atoms with Crippen molar-refractivity contribution in [3.8, 4) is 11.5 Å². The van der Waals surface area contributed by atoms with Crippen molar-refractivity contribution < 1.29 is 50.0 Å². The van der Waals surface area contributed by atoms with E-state index in [4.69, 9.17) is 13.9 Å². The highest BCUT2D eigenvalue weighted by atomic mass is 35.5. The maximum Gasteiger partial charge on any atom is 0.453 e. The number of hydrogen-bond acceptors (Lipinski definition) is 5. The van der Waals surface area contributed by atoms with Gasteiger partial charge < -0.3 is 32.0 Å². The van der Waals surface area contributed by atoms with E-state index in [1.807, 2.05) is 30.3 Å².